The molecule has 0 unspecified atom stereocenters. The molecule has 0 aromatic rings. The van der Waals surface area contributed by atoms with E-state index in [2.05, 4.69) is 11.0 Å². The highest BCUT2D eigenvalue weighted by molar-refractivity contribution is 5.68. The Balaban J connectivity index is 2.17. The first-order valence-electron chi connectivity index (χ1n) is 4.51. The third-order valence-electron chi connectivity index (χ3n) is 2.20. The van der Waals surface area contributed by atoms with Gasteiger partial charge in [0.15, 0.2) is 0 Å². The quantitative estimate of drug-likeness (QED) is 0.677. The predicted molar refractivity (Wildman–Crippen MR) is 48.7 cm³/mol. The van der Waals surface area contributed by atoms with Gasteiger partial charge in [-0.25, -0.2) is 4.79 Å². The Bertz CT molecular complexity index is 253. The molecule has 0 bridgehead atoms. The summed E-state index contributed by atoms with van der Waals surface area (Å²) in [6, 6.07) is 2.07. The van der Waals surface area contributed by atoms with Crippen molar-refractivity contribution in [3.8, 4) is 6.07 Å². The fourth-order valence-electron chi connectivity index (χ4n) is 1.59. The summed E-state index contributed by atoms with van der Waals surface area (Å²) in [6.07, 6.45) is 0.509. The number of likely N-dealkylation sites (tertiary alicyclic amines) is 1. The lowest BCUT2D eigenvalue weighted by Crippen LogP contribution is -2.61. The molecule has 0 aromatic carbocycles. The van der Waals surface area contributed by atoms with Gasteiger partial charge in [0.25, 0.3) is 0 Å². The Hall–Kier alpha value is -1.12. The van der Waals surface area contributed by atoms with Gasteiger partial charge in [-0.2, -0.15) is 5.26 Å². The first kappa shape index (κ1) is 11.0. The van der Waals surface area contributed by atoms with Crippen molar-refractivity contribution in [2.24, 2.45) is 0 Å². The van der Waals surface area contributed by atoms with Gasteiger partial charge in [-0.3, -0.25) is 4.90 Å². The number of hydrogen-bond donors (Lipinski definition) is 1. The van der Waals surface area contributed by atoms with Crippen molar-refractivity contribution in [2.45, 2.75) is 18.9 Å². The lowest BCUT2D eigenvalue weighted by Gasteiger charge is -2.47. The van der Waals surface area contributed by atoms with Crippen molar-refractivity contribution in [3.05, 3.63) is 0 Å². The van der Waals surface area contributed by atoms with Gasteiger partial charge in [-0.15, -0.1) is 0 Å². The Morgan fingerprint density at radius 1 is 1.71 bits per heavy atom. The summed E-state index contributed by atoms with van der Waals surface area (Å²) in [5.41, 5.74) is -0.339. The number of hydrogen-bond acceptors (Lipinski definition) is 4. The van der Waals surface area contributed by atoms with E-state index >= 15 is 0 Å². The summed E-state index contributed by atoms with van der Waals surface area (Å²) in [4.78, 5) is 12.3. The van der Waals surface area contributed by atoms with E-state index in [1.807, 2.05) is 6.92 Å². The molecule has 1 N–H and O–H groups in total. The summed E-state index contributed by atoms with van der Waals surface area (Å²) in [5, 5.41) is 16.8. The SMILES string of the molecule is CC1(OCC(=O)O)CN(CCC#N)C1. The second-order valence-electron chi connectivity index (χ2n) is 3.75. The third kappa shape index (κ3) is 2.98. The standard InChI is InChI=1S/C9H14N2O3/c1-9(14-5-8(12)13)6-11(7-9)4-2-3-10/h2,4-7H2,1H3,(H,12,13). The first-order valence-corrected chi connectivity index (χ1v) is 4.51. The number of rotatable bonds is 5. The average molecular weight is 198 g/mol. The second-order valence-corrected chi connectivity index (χ2v) is 3.75. The van der Waals surface area contributed by atoms with Gasteiger partial charge in [-0.05, 0) is 6.92 Å². The molecule has 1 heterocycles. The molecule has 1 aliphatic heterocycles. The Morgan fingerprint density at radius 2 is 2.36 bits per heavy atom. The zero-order chi connectivity index (χ0) is 10.6. The number of nitriles is 1. The van der Waals surface area contributed by atoms with Crippen LogP contribution in [0.1, 0.15) is 13.3 Å². The van der Waals surface area contributed by atoms with Crippen molar-refractivity contribution in [3.63, 3.8) is 0 Å². The van der Waals surface area contributed by atoms with Crippen LogP contribution in [0.3, 0.4) is 0 Å². The fraction of sp³-hybridized carbons (Fsp3) is 0.778. The van der Waals surface area contributed by atoms with Crippen LogP contribution in [-0.4, -0.2) is 47.8 Å². The molecule has 0 saturated carbocycles. The molecule has 1 aliphatic rings. The van der Waals surface area contributed by atoms with E-state index in [0.717, 1.165) is 6.54 Å². The van der Waals surface area contributed by atoms with E-state index in [1.54, 1.807) is 0 Å². The van der Waals surface area contributed by atoms with Crippen LogP contribution in [-0.2, 0) is 9.53 Å². The summed E-state index contributed by atoms with van der Waals surface area (Å²) in [5.74, 6) is -0.943. The molecule has 0 spiro atoms. The van der Waals surface area contributed by atoms with Gasteiger partial charge in [0.05, 0.1) is 11.7 Å². The van der Waals surface area contributed by atoms with E-state index in [4.69, 9.17) is 15.1 Å². The van der Waals surface area contributed by atoms with Crippen LogP contribution >= 0.6 is 0 Å². The molecule has 14 heavy (non-hydrogen) atoms. The number of carboxylic acids is 1. The fourth-order valence-corrected chi connectivity index (χ4v) is 1.59. The molecule has 1 saturated heterocycles. The maximum atomic E-state index is 10.3. The van der Waals surface area contributed by atoms with Gasteiger partial charge < -0.3 is 9.84 Å². The first-order chi connectivity index (χ1) is 6.56. The van der Waals surface area contributed by atoms with Crippen molar-refractivity contribution >= 4 is 5.97 Å². The van der Waals surface area contributed by atoms with Crippen LogP contribution in [0, 0.1) is 11.3 Å². The largest absolute Gasteiger partial charge is 0.480 e. The van der Waals surface area contributed by atoms with Crippen molar-refractivity contribution < 1.29 is 14.6 Å². The molecule has 78 valence electrons. The number of aliphatic carboxylic acids is 1. The summed E-state index contributed by atoms with van der Waals surface area (Å²) in [7, 11) is 0. The van der Waals surface area contributed by atoms with E-state index in [9.17, 15) is 4.79 Å². The lowest BCUT2D eigenvalue weighted by molar-refractivity contribution is -0.164. The monoisotopic (exact) mass is 198 g/mol. The van der Waals surface area contributed by atoms with E-state index in [1.165, 1.54) is 0 Å². The highest BCUT2D eigenvalue weighted by Crippen LogP contribution is 2.24. The molecule has 0 aliphatic carbocycles. The smallest absolute Gasteiger partial charge is 0.329 e. The third-order valence-corrected chi connectivity index (χ3v) is 2.20. The van der Waals surface area contributed by atoms with Gasteiger partial charge in [0.2, 0.25) is 0 Å². The number of nitrogens with zero attached hydrogens (tertiary/aromatic N) is 2. The average Bonchev–Trinajstić information content (AvgIpc) is 2.07. The van der Waals surface area contributed by atoms with E-state index in [-0.39, 0.29) is 12.2 Å². The highest BCUT2D eigenvalue weighted by atomic mass is 16.5. The number of ether oxygens (including phenoxy) is 1. The number of carbonyl (C=O) groups is 1. The minimum absolute atomic E-state index is 0.247. The van der Waals surface area contributed by atoms with E-state index in [0.29, 0.717) is 19.5 Å². The van der Waals surface area contributed by atoms with Gasteiger partial charge >= 0.3 is 5.97 Å². The Labute approximate surface area is 82.9 Å². The molecular weight excluding hydrogens is 184 g/mol. The number of carboxylic acid groups (broad SMARTS) is 1. The Morgan fingerprint density at radius 3 is 2.86 bits per heavy atom. The molecule has 5 heteroatoms. The minimum atomic E-state index is -0.943. The Kier molecular flexibility index (Phi) is 3.44. The molecule has 1 rings (SSSR count). The summed E-state index contributed by atoms with van der Waals surface area (Å²) >= 11 is 0. The summed E-state index contributed by atoms with van der Waals surface area (Å²) in [6.45, 7) is 3.80. The predicted octanol–water partition coefficient (Wildman–Crippen LogP) is 0.0756. The van der Waals surface area contributed by atoms with Gasteiger partial charge in [0.1, 0.15) is 6.61 Å². The van der Waals surface area contributed by atoms with Crippen molar-refractivity contribution in [1.29, 1.82) is 5.26 Å². The molecule has 1 fully saturated rings. The van der Waals surface area contributed by atoms with Gasteiger partial charge in [0, 0.05) is 26.1 Å². The van der Waals surface area contributed by atoms with Crippen molar-refractivity contribution in [2.75, 3.05) is 26.2 Å². The maximum Gasteiger partial charge on any atom is 0.329 e. The van der Waals surface area contributed by atoms with Crippen LogP contribution in [0.2, 0.25) is 0 Å². The normalized spacial score (nSPS) is 19.7. The van der Waals surface area contributed by atoms with Crippen LogP contribution in [0.4, 0.5) is 0 Å². The molecule has 5 nitrogen and oxygen atoms in total. The zero-order valence-corrected chi connectivity index (χ0v) is 8.19. The van der Waals surface area contributed by atoms with Crippen molar-refractivity contribution in [1.82, 2.24) is 4.90 Å². The van der Waals surface area contributed by atoms with Crippen LogP contribution in [0.5, 0.6) is 0 Å². The highest BCUT2D eigenvalue weighted by Gasteiger charge is 2.39. The summed E-state index contributed by atoms with van der Waals surface area (Å²) < 4.78 is 5.21. The second kappa shape index (κ2) is 4.40. The van der Waals surface area contributed by atoms with Crippen LogP contribution in [0.15, 0.2) is 0 Å². The minimum Gasteiger partial charge on any atom is -0.480 e. The topological polar surface area (TPSA) is 73.6 Å². The lowest BCUT2D eigenvalue weighted by atomic mass is 9.96. The van der Waals surface area contributed by atoms with Crippen LogP contribution < -0.4 is 0 Å². The maximum absolute atomic E-state index is 10.3. The van der Waals surface area contributed by atoms with Crippen LogP contribution in [0.25, 0.3) is 0 Å². The molecule has 0 amide bonds. The van der Waals surface area contributed by atoms with Gasteiger partial charge in [-0.1, -0.05) is 0 Å². The molecule has 0 aromatic heterocycles. The molecule has 0 radical (unpaired) electrons. The molecular formula is C9H14N2O3. The zero-order valence-electron chi connectivity index (χ0n) is 8.19. The van der Waals surface area contributed by atoms with E-state index < -0.39 is 5.97 Å². The molecule has 0 atom stereocenters.